The molecule has 0 fully saturated rings. The molecule has 94 valence electrons. The van der Waals surface area contributed by atoms with Gasteiger partial charge >= 0.3 is 0 Å². The summed E-state index contributed by atoms with van der Waals surface area (Å²) in [6, 6.07) is 5.12. The van der Waals surface area contributed by atoms with Crippen molar-refractivity contribution in [2.24, 2.45) is 5.73 Å². The molecule has 1 aromatic rings. The fraction of sp³-hybridized carbons (Fsp3) is 0.417. The zero-order valence-electron chi connectivity index (χ0n) is 10.00. The molecule has 1 atom stereocenters. The number of ether oxygens (including phenoxy) is 1. The average molecular weight is 257 g/mol. The van der Waals surface area contributed by atoms with E-state index in [2.05, 4.69) is 5.32 Å². The third-order valence-corrected chi connectivity index (χ3v) is 2.60. The van der Waals surface area contributed by atoms with Crippen molar-refractivity contribution in [3.8, 4) is 5.75 Å². The van der Waals surface area contributed by atoms with Gasteiger partial charge in [-0.2, -0.15) is 0 Å². The number of nitrogens with one attached hydrogen (secondary N) is 1. The number of halogens is 1. The minimum Gasteiger partial charge on any atom is -0.497 e. The molecule has 0 aliphatic rings. The summed E-state index contributed by atoms with van der Waals surface area (Å²) in [4.78, 5) is 11.6. The van der Waals surface area contributed by atoms with Crippen LogP contribution in [0.2, 0.25) is 5.02 Å². The van der Waals surface area contributed by atoms with Crippen LogP contribution in [0.4, 0.5) is 5.69 Å². The van der Waals surface area contributed by atoms with E-state index >= 15 is 0 Å². The van der Waals surface area contributed by atoms with Gasteiger partial charge in [0.15, 0.2) is 0 Å². The summed E-state index contributed by atoms with van der Waals surface area (Å²) in [6.45, 7) is 1.87. The van der Waals surface area contributed by atoms with E-state index in [1.807, 2.05) is 6.92 Å². The van der Waals surface area contributed by atoms with Crippen LogP contribution in [0.1, 0.15) is 19.8 Å². The summed E-state index contributed by atoms with van der Waals surface area (Å²) in [7, 11) is 1.56. The fourth-order valence-electron chi connectivity index (χ4n) is 1.30. The Kier molecular flexibility index (Phi) is 5.25. The zero-order chi connectivity index (χ0) is 12.8. The topological polar surface area (TPSA) is 64.3 Å². The SMILES string of the molecule is COc1ccc(Cl)c(NC(=O)CCC(C)N)c1. The van der Waals surface area contributed by atoms with Crippen LogP contribution < -0.4 is 15.8 Å². The van der Waals surface area contributed by atoms with Crippen LogP contribution in [-0.2, 0) is 4.79 Å². The molecule has 1 aromatic carbocycles. The van der Waals surface area contributed by atoms with E-state index in [-0.39, 0.29) is 11.9 Å². The van der Waals surface area contributed by atoms with Gasteiger partial charge in [-0.3, -0.25) is 4.79 Å². The van der Waals surface area contributed by atoms with Crippen LogP contribution in [0, 0.1) is 0 Å². The lowest BCUT2D eigenvalue weighted by molar-refractivity contribution is -0.116. The van der Waals surface area contributed by atoms with Crippen LogP contribution >= 0.6 is 11.6 Å². The second-order valence-corrected chi connectivity index (χ2v) is 4.32. The van der Waals surface area contributed by atoms with Crippen molar-refractivity contribution in [3.05, 3.63) is 23.2 Å². The molecule has 0 aliphatic heterocycles. The van der Waals surface area contributed by atoms with Gasteiger partial charge in [0.2, 0.25) is 5.91 Å². The Hall–Kier alpha value is -1.26. The maximum Gasteiger partial charge on any atom is 0.224 e. The lowest BCUT2D eigenvalue weighted by Crippen LogP contribution is -2.19. The maximum atomic E-state index is 11.6. The molecule has 1 unspecified atom stereocenters. The predicted molar refractivity (Wildman–Crippen MR) is 69.5 cm³/mol. The first kappa shape index (κ1) is 13.8. The van der Waals surface area contributed by atoms with E-state index in [0.29, 0.717) is 29.3 Å². The minimum atomic E-state index is -0.0996. The van der Waals surface area contributed by atoms with Crippen LogP contribution in [0.5, 0.6) is 5.75 Å². The van der Waals surface area contributed by atoms with Crippen molar-refractivity contribution in [1.29, 1.82) is 0 Å². The molecule has 0 aliphatic carbocycles. The first-order chi connectivity index (χ1) is 8.02. The van der Waals surface area contributed by atoms with E-state index in [4.69, 9.17) is 22.1 Å². The van der Waals surface area contributed by atoms with Gasteiger partial charge in [-0.1, -0.05) is 11.6 Å². The number of carbonyl (C=O) groups is 1. The van der Waals surface area contributed by atoms with Gasteiger partial charge in [0, 0.05) is 18.5 Å². The minimum absolute atomic E-state index is 0.0153. The molecule has 1 amide bonds. The average Bonchev–Trinajstić information content (AvgIpc) is 2.29. The third kappa shape index (κ3) is 4.63. The lowest BCUT2D eigenvalue weighted by Gasteiger charge is -2.09. The highest BCUT2D eigenvalue weighted by Crippen LogP contribution is 2.26. The highest BCUT2D eigenvalue weighted by Gasteiger charge is 2.08. The van der Waals surface area contributed by atoms with Crippen molar-refractivity contribution in [1.82, 2.24) is 0 Å². The Labute approximate surface area is 106 Å². The predicted octanol–water partition coefficient (Wildman–Crippen LogP) is 2.41. The van der Waals surface area contributed by atoms with E-state index in [1.165, 1.54) is 0 Å². The number of rotatable bonds is 5. The molecule has 0 spiro atoms. The number of carbonyl (C=O) groups excluding carboxylic acids is 1. The quantitative estimate of drug-likeness (QED) is 0.850. The summed E-state index contributed by atoms with van der Waals surface area (Å²) in [5, 5.41) is 3.22. The van der Waals surface area contributed by atoms with Crippen LogP contribution in [0.3, 0.4) is 0 Å². The van der Waals surface area contributed by atoms with Gasteiger partial charge in [0.05, 0.1) is 17.8 Å². The Balaban J connectivity index is 2.64. The van der Waals surface area contributed by atoms with E-state index in [0.717, 1.165) is 0 Å². The summed E-state index contributed by atoms with van der Waals surface area (Å²) in [5.41, 5.74) is 6.14. The van der Waals surface area contributed by atoms with Gasteiger partial charge in [0.25, 0.3) is 0 Å². The van der Waals surface area contributed by atoms with Gasteiger partial charge in [-0.05, 0) is 25.5 Å². The molecule has 1 rings (SSSR count). The molecular formula is C12H17ClN2O2. The number of benzene rings is 1. The smallest absolute Gasteiger partial charge is 0.224 e. The maximum absolute atomic E-state index is 11.6. The Morgan fingerprint density at radius 1 is 1.59 bits per heavy atom. The molecule has 0 bridgehead atoms. The molecule has 3 N–H and O–H groups in total. The van der Waals surface area contributed by atoms with Gasteiger partial charge < -0.3 is 15.8 Å². The summed E-state index contributed by atoms with van der Waals surface area (Å²) < 4.78 is 5.06. The van der Waals surface area contributed by atoms with Crippen molar-refractivity contribution >= 4 is 23.2 Å². The summed E-state index contributed by atoms with van der Waals surface area (Å²) in [6.07, 6.45) is 1.03. The second kappa shape index (κ2) is 6.47. The monoisotopic (exact) mass is 256 g/mol. The summed E-state index contributed by atoms with van der Waals surface area (Å²) >= 11 is 5.97. The second-order valence-electron chi connectivity index (χ2n) is 3.91. The molecular weight excluding hydrogens is 240 g/mol. The number of amides is 1. The first-order valence-corrected chi connectivity index (χ1v) is 5.79. The largest absolute Gasteiger partial charge is 0.497 e. The van der Waals surface area contributed by atoms with Crippen molar-refractivity contribution in [3.63, 3.8) is 0 Å². The summed E-state index contributed by atoms with van der Waals surface area (Å²) in [5.74, 6) is 0.550. The lowest BCUT2D eigenvalue weighted by atomic mass is 10.2. The number of hydrogen-bond acceptors (Lipinski definition) is 3. The molecule has 0 heterocycles. The Bertz CT molecular complexity index is 394. The fourth-order valence-corrected chi connectivity index (χ4v) is 1.46. The normalized spacial score (nSPS) is 12.0. The van der Waals surface area contributed by atoms with Gasteiger partial charge in [0.1, 0.15) is 5.75 Å². The molecule has 0 saturated carbocycles. The van der Waals surface area contributed by atoms with E-state index < -0.39 is 0 Å². The van der Waals surface area contributed by atoms with E-state index in [9.17, 15) is 4.79 Å². The van der Waals surface area contributed by atoms with Gasteiger partial charge in [-0.15, -0.1) is 0 Å². The van der Waals surface area contributed by atoms with Crippen LogP contribution in [-0.4, -0.2) is 19.1 Å². The Morgan fingerprint density at radius 2 is 2.29 bits per heavy atom. The number of anilines is 1. The zero-order valence-corrected chi connectivity index (χ0v) is 10.8. The molecule has 17 heavy (non-hydrogen) atoms. The molecule has 0 aromatic heterocycles. The van der Waals surface area contributed by atoms with E-state index in [1.54, 1.807) is 25.3 Å². The Morgan fingerprint density at radius 3 is 2.88 bits per heavy atom. The first-order valence-electron chi connectivity index (χ1n) is 5.42. The van der Waals surface area contributed by atoms with Crippen LogP contribution in [0.15, 0.2) is 18.2 Å². The standard InChI is InChI=1S/C12H17ClN2O2/c1-8(14)3-6-12(16)15-11-7-9(17-2)4-5-10(11)13/h4-5,7-8H,3,6,14H2,1-2H3,(H,15,16). The van der Waals surface area contributed by atoms with Crippen molar-refractivity contribution in [2.75, 3.05) is 12.4 Å². The highest BCUT2D eigenvalue weighted by molar-refractivity contribution is 6.33. The molecule has 0 saturated heterocycles. The van der Waals surface area contributed by atoms with Gasteiger partial charge in [-0.25, -0.2) is 0 Å². The third-order valence-electron chi connectivity index (χ3n) is 2.27. The van der Waals surface area contributed by atoms with Crippen molar-refractivity contribution in [2.45, 2.75) is 25.8 Å². The number of nitrogens with two attached hydrogens (primary N) is 1. The number of hydrogen-bond donors (Lipinski definition) is 2. The molecule has 0 radical (unpaired) electrons. The number of methoxy groups -OCH3 is 1. The highest BCUT2D eigenvalue weighted by atomic mass is 35.5. The van der Waals surface area contributed by atoms with Crippen molar-refractivity contribution < 1.29 is 9.53 Å². The van der Waals surface area contributed by atoms with Crippen LogP contribution in [0.25, 0.3) is 0 Å². The molecule has 4 nitrogen and oxygen atoms in total. The molecule has 5 heteroatoms.